The maximum atomic E-state index is 14.3. The zero-order valence-electron chi connectivity index (χ0n) is 23.8. The molecule has 1 aromatic carbocycles. The van der Waals surface area contributed by atoms with Gasteiger partial charge in [0.15, 0.2) is 0 Å². The lowest BCUT2D eigenvalue weighted by molar-refractivity contribution is -0.136. The van der Waals surface area contributed by atoms with Crippen LogP contribution in [0.4, 0.5) is 13.2 Å². The summed E-state index contributed by atoms with van der Waals surface area (Å²) < 4.78 is 47.3. The van der Waals surface area contributed by atoms with Crippen LogP contribution >= 0.6 is 0 Å². The van der Waals surface area contributed by atoms with Crippen molar-refractivity contribution in [3.05, 3.63) is 82.1 Å². The van der Waals surface area contributed by atoms with Crippen LogP contribution in [-0.4, -0.2) is 41.7 Å². The number of aryl methyl sites for hydroxylation is 1. The first-order valence-corrected chi connectivity index (χ1v) is 14.6. The van der Waals surface area contributed by atoms with Gasteiger partial charge in [-0.25, -0.2) is 4.79 Å². The molecule has 2 aliphatic rings. The fourth-order valence-electron chi connectivity index (χ4n) is 7.06. The largest absolute Gasteiger partial charge is 0.418 e. The van der Waals surface area contributed by atoms with Crippen LogP contribution in [0.2, 0.25) is 0 Å². The molecule has 0 radical (unpaired) electrons. The summed E-state index contributed by atoms with van der Waals surface area (Å²) in [6.07, 6.45) is 5.42. The second-order valence-corrected chi connectivity index (χ2v) is 12.3. The van der Waals surface area contributed by atoms with E-state index >= 15 is 0 Å². The third-order valence-electron chi connectivity index (χ3n) is 9.02. The average molecular weight is 567 g/mol. The molecule has 10 heteroatoms. The second kappa shape index (κ2) is 10.8. The number of pyridine rings is 1. The van der Waals surface area contributed by atoms with Gasteiger partial charge in [-0.15, -0.1) is 10.2 Å². The minimum atomic E-state index is -4.59. The number of piperidine rings is 1. The van der Waals surface area contributed by atoms with Crippen LogP contribution in [0.25, 0.3) is 11.2 Å². The third-order valence-corrected chi connectivity index (χ3v) is 9.02. The quantitative estimate of drug-likeness (QED) is 0.286. The molecule has 4 aromatic rings. The molecule has 41 heavy (non-hydrogen) atoms. The highest BCUT2D eigenvalue weighted by molar-refractivity contribution is 5.58. The molecule has 7 nitrogen and oxygen atoms in total. The van der Waals surface area contributed by atoms with E-state index in [1.54, 1.807) is 18.6 Å². The third kappa shape index (κ3) is 5.46. The number of halogens is 3. The van der Waals surface area contributed by atoms with Crippen LogP contribution in [0, 0.1) is 17.8 Å². The minimum absolute atomic E-state index is 0.0237. The van der Waals surface area contributed by atoms with Crippen molar-refractivity contribution in [2.45, 2.75) is 64.6 Å². The number of fused-ring (bicyclic) bond motifs is 1. The van der Waals surface area contributed by atoms with Gasteiger partial charge in [0, 0.05) is 38.4 Å². The van der Waals surface area contributed by atoms with Crippen molar-refractivity contribution in [2.75, 3.05) is 13.1 Å². The second-order valence-electron chi connectivity index (χ2n) is 12.3. The van der Waals surface area contributed by atoms with Crippen LogP contribution in [0.5, 0.6) is 0 Å². The summed E-state index contributed by atoms with van der Waals surface area (Å²) in [5.74, 6) is 2.31. The summed E-state index contributed by atoms with van der Waals surface area (Å²) in [5.41, 5.74) is 0.568. The molecule has 3 aromatic heterocycles. The summed E-state index contributed by atoms with van der Waals surface area (Å²) in [6, 6.07) is 8.80. The van der Waals surface area contributed by atoms with Crippen LogP contribution in [-0.2, 0) is 19.8 Å². The fourth-order valence-corrected chi connectivity index (χ4v) is 7.06. The van der Waals surface area contributed by atoms with Crippen molar-refractivity contribution in [1.82, 2.24) is 28.6 Å². The molecule has 4 atom stereocenters. The van der Waals surface area contributed by atoms with E-state index in [0.717, 1.165) is 61.0 Å². The zero-order valence-corrected chi connectivity index (χ0v) is 23.8. The van der Waals surface area contributed by atoms with Crippen molar-refractivity contribution in [3.8, 4) is 5.69 Å². The van der Waals surface area contributed by atoms with Gasteiger partial charge in [0.25, 0.3) is 0 Å². The maximum Gasteiger partial charge on any atom is 0.418 e. The highest BCUT2D eigenvalue weighted by Crippen LogP contribution is 2.43. The molecule has 1 saturated heterocycles. The summed E-state index contributed by atoms with van der Waals surface area (Å²) in [6.45, 7) is 6.50. The SMILES string of the molecule is C[C@H]1CC[C@@H](C(c2cccc(-n3cc4c(C(F)(F)F)cc(CN5CCC[C@H](C)C5)cn4c3=O)c2)c2nncn2C)C1. The Kier molecular flexibility index (Phi) is 7.30. The van der Waals surface area contributed by atoms with Gasteiger partial charge in [-0.1, -0.05) is 32.4 Å². The first-order chi connectivity index (χ1) is 19.6. The van der Waals surface area contributed by atoms with Gasteiger partial charge in [-0.3, -0.25) is 13.9 Å². The van der Waals surface area contributed by atoms with E-state index in [-0.39, 0.29) is 11.4 Å². The number of hydrogen-bond donors (Lipinski definition) is 0. The normalized spacial score (nSPS) is 22.9. The molecular formula is C31H37F3N6O. The number of hydrogen-bond acceptors (Lipinski definition) is 4. The van der Waals surface area contributed by atoms with Crippen LogP contribution < -0.4 is 5.69 Å². The van der Waals surface area contributed by atoms with Gasteiger partial charge in [-0.05, 0) is 79.3 Å². The zero-order chi connectivity index (χ0) is 28.9. The van der Waals surface area contributed by atoms with Crippen molar-refractivity contribution in [3.63, 3.8) is 0 Å². The predicted octanol–water partition coefficient (Wildman–Crippen LogP) is 6.04. The number of benzene rings is 1. The number of rotatable bonds is 6. The van der Waals surface area contributed by atoms with Crippen molar-refractivity contribution < 1.29 is 13.2 Å². The lowest BCUT2D eigenvalue weighted by atomic mass is 9.83. The molecule has 218 valence electrons. The molecule has 1 saturated carbocycles. The maximum absolute atomic E-state index is 14.3. The van der Waals surface area contributed by atoms with E-state index < -0.39 is 17.4 Å². The Morgan fingerprint density at radius 3 is 2.59 bits per heavy atom. The Bertz CT molecular complexity index is 1600. The molecule has 0 spiro atoms. The van der Waals surface area contributed by atoms with E-state index in [2.05, 4.69) is 28.9 Å². The molecule has 6 rings (SSSR count). The number of likely N-dealkylation sites (tertiary alicyclic amines) is 1. The van der Waals surface area contributed by atoms with Crippen molar-refractivity contribution in [1.29, 1.82) is 0 Å². The van der Waals surface area contributed by atoms with E-state index in [1.807, 2.05) is 29.8 Å². The predicted molar refractivity (Wildman–Crippen MR) is 151 cm³/mol. The summed E-state index contributed by atoms with van der Waals surface area (Å²) >= 11 is 0. The van der Waals surface area contributed by atoms with Crippen LogP contribution in [0.15, 0.2) is 53.8 Å². The minimum Gasteiger partial charge on any atom is -0.320 e. The monoisotopic (exact) mass is 566 g/mol. The van der Waals surface area contributed by atoms with E-state index in [0.29, 0.717) is 35.5 Å². The Morgan fingerprint density at radius 2 is 1.90 bits per heavy atom. The average Bonchev–Trinajstić information content (AvgIpc) is 3.63. The fraction of sp³-hybridized carbons (Fsp3) is 0.516. The smallest absolute Gasteiger partial charge is 0.320 e. The highest BCUT2D eigenvalue weighted by atomic mass is 19.4. The molecular weight excluding hydrogens is 529 g/mol. The standard InChI is InChI=1S/C31H37F3N6O/c1-20-9-10-24(12-20)28(29-36-35-19-37(29)3)23-7-4-8-25(14-23)39-18-27-26(31(32,33)34)13-22(17-40(27)30(39)41)16-38-11-5-6-21(2)15-38/h4,7-8,13-14,17-21,24,28H,5-6,9-12,15-16H2,1-3H3/t20-,21-,24+,28?/m0/s1. The van der Waals surface area contributed by atoms with Gasteiger partial charge in [0.1, 0.15) is 12.2 Å². The van der Waals surface area contributed by atoms with E-state index in [9.17, 15) is 18.0 Å². The van der Waals surface area contributed by atoms with Gasteiger partial charge >= 0.3 is 11.9 Å². The molecule has 0 amide bonds. The van der Waals surface area contributed by atoms with Gasteiger partial charge in [-0.2, -0.15) is 13.2 Å². The van der Waals surface area contributed by atoms with Crippen LogP contribution in [0.3, 0.4) is 0 Å². The first kappa shape index (κ1) is 27.8. The molecule has 1 unspecified atom stereocenters. The number of alkyl halides is 3. The Balaban J connectivity index is 1.42. The molecule has 0 bridgehead atoms. The van der Waals surface area contributed by atoms with E-state index in [1.165, 1.54) is 16.8 Å². The summed E-state index contributed by atoms with van der Waals surface area (Å²) in [7, 11) is 1.93. The number of imidazole rings is 1. The summed E-state index contributed by atoms with van der Waals surface area (Å²) in [5, 5.41) is 8.54. The van der Waals surface area contributed by atoms with Gasteiger partial charge in [0.05, 0.1) is 16.8 Å². The van der Waals surface area contributed by atoms with E-state index in [4.69, 9.17) is 0 Å². The molecule has 0 N–H and O–H groups in total. The Labute approximate surface area is 237 Å². The van der Waals surface area contributed by atoms with Gasteiger partial charge < -0.3 is 4.57 Å². The molecule has 1 aliphatic carbocycles. The lowest BCUT2D eigenvalue weighted by Crippen LogP contribution is -2.34. The number of aromatic nitrogens is 5. The van der Waals surface area contributed by atoms with Gasteiger partial charge in [0.2, 0.25) is 0 Å². The molecule has 1 aliphatic heterocycles. The van der Waals surface area contributed by atoms with Crippen molar-refractivity contribution in [2.24, 2.45) is 24.8 Å². The molecule has 2 fully saturated rings. The first-order valence-electron chi connectivity index (χ1n) is 14.6. The van der Waals surface area contributed by atoms with Crippen LogP contribution in [0.1, 0.15) is 74.4 Å². The number of nitrogens with zero attached hydrogens (tertiary/aromatic N) is 6. The summed E-state index contributed by atoms with van der Waals surface area (Å²) in [4.78, 5) is 15.9. The molecule has 4 heterocycles. The Morgan fingerprint density at radius 1 is 1.07 bits per heavy atom. The topological polar surface area (TPSA) is 60.4 Å². The Hall–Kier alpha value is -3.40. The lowest BCUT2D eigenvalue weighted by Gasteiger charge is -2.31. The highest BCUT2D eigenvalue weighted by Gasteiger charge is 2.36. The van der Waals surface area contributed by atoms with Crippen molar-refractivity contribution >= 4 is 5.52 Å².